The fraction of sp³-hybridized carbons (Fsp3) is 0.375. The summed E-state index contributed by atoms with van der Waals surface area (Å²) in [4.78, 5) is 32.5. The third-order valence-electron chi connectivity index (χ3n) is 6.27. The molecule has 168 valence electrons. The van der Waals surface area contributed by atoms with Gasteiger partial charge < -0.3 is 16.8 Å². The van der Waals surface area contributed by atoms with Crippen LogP contribution in [0.4, 0.5) is 5.82 Å². The van der Waals surface area contributed by atoms with Crippen molar-refractivity contribution in [3.05, 3.63) is 58.6 Å². The number of carbonyl (C=O) groups excluding carboxylic acids is 2. The number of thiophene rings is 1. The number of aryl methyl sites for hydroxylation is 1. The summed E-state index contributed by atoms with van der Waals surface area (Å²) in [5, 5.41) is 4.21. The molecule has 8 heteroatoms. The van der Waals surface area contributed by atoms with E-state index in [1.807, 2.05) is 36.9 Å². The molecule has 2 aromatic heterocycles. The highest BCUT2D eigenvalue weighted by atomic mass is 32.1. The highest BCUT2D eigenvalue weighted by Gasteiger charge is 2.40. The average Bonchev–Trinajstić information content (AvgIpc) is 3.36. The zero-order valence-electron chi connectivity index (χ0n) is 18.4. The monoisotopic (exact) mass is 451 g/mol. The van der Waals surface area contributed by atoms with E-state index in [1.54, 1.807) is 17.4 Å². The summed E-state index contributed by atoms with van der Waals surface area (Å²) >= 11 is 1.79. The molecule has 0 radical (unpaired) electrons. The number of nitrogens with one attached hydrogen (secondary N) is 1. The molecule has 3 atom stereocenters. The highest BCUT2D eigenvalue weighted by Crippen LogP contribution is 2.32. The predicted molar refractivity (Wildman–Crippen MR) is 128 cm³/mol. The summed E-state index contributed by atoms with van der Waals surface area (Å²) in [7, 11) is 0. The molecule has 4 rings (SSSR count). The third kappa shape index (κ3) is 4.76. The summed E-state index contributed by atoms with van der Waals surface area (Å²) in [6, 6.07) is 13.3. The van der Waals surface area contributed by atoms with Crippen LogP contribution in [0.2, 0.25) is 0 Å². The molecule has 3 aromatic rings. The van der Waals surface area contributed by atoms with Crippen LogP contribution in [0.1, 0.15) is 29.5 Å². The first-order valence-corrected chi connectivity index (χ1v) is 11.7. The van der Waals surface area contributed by atoms with E-state index in [1.165, 1.54) is 15.0 Å². The van der Waals surface area contributed by atoms with Gasteiger partial charge in [-0.25, -0.2) is 4.98 Å². The van der Waals surface area contributed by atoms with Crippen molar-refractivity contribution in [1.29, 1.82) is 0 Å². The Balaban J connectivity index is 1.41. The van der Waals surface area contributed by atoms with Gasteiger partial charge in [0.1, 0.15) is 5.82 Å². The molecule has 0 aliphatic carbocycles. The van der Waals surface area contributed by atoms with Crippen LogP contribution >= 0.6 is 11.3 Å². The second-order valence-corrected chi connectivity index (χ2v) is 9.71. The van der Waals surface area contributed by atoms with Crippen LogP contribution in [0.15, 0.2) is 42.5 Å². The first kappa shape index (κ1) is 22.2. The lowest BCUT2D eigenvalue weighted by Crippen LogP contribution is -2.51. The number of hydrogen-bond donors (Lipinski definition) is 3. The van der Waals surface area contributed by atoms with E-state index < -0.39 is 12.1 Å². The number of pyridine rings is 1. The molecule has 5 N–H and O–H groups in total. The number of amides is 2. The number of anilines is 1. The van der Waals surface area contributed by atoms with Gasteiger partial charge in [-0.3, -0.25) is 14.5 Å². The maximum atomic E-state index is 12.9. The van der Waals surface area contributed by atoms with E-state index in [9.17, 15) is 9.59 Å². The molecule has 1 aliphatic heterocycles. The molecular formula is C24H29N5O2S. The number of benzene rings is 1. The van der Waals surface area contributed by atoms with Gasteiger partial charge in [-0.2, -0.15) is 0 Å². The van der Waals surface area contributed by atoms with Crippen LogP contribution in [0.5, 0.6) is 0 Å². The molecular weight excluding hydrogens is 422 g/mol. The minimum Gasteiger partial charge on any atom is -0.384 e. The Morgan fingerprint density at radius 3 is 2.78 bits per heavy atom. The first-order valence-electron chi connectivity index (χ1n) is 10.8. The summed E-state index contributed by atoms with van der Waals surface area (Å²) in [5.41, 5.74) is 13.1. The Kier molecular flexibility index (Phi) is 6.43. The van der Waals surface area contributed by atoms with Crippen LogP contribution < -0.4 is 16.8 Å². The van der Waals surface area contributed by atoms with Crippen molar-refractivity contribution in [3.8, 4) is 0 Å². The Labute approximate surface area is 191 Å². The van der Waals surface area contributed by atoms with E-state index >= 15 is 0 Å². The summed E-state index contributed by atoms with van der Waals surface area (Å²) in [5.74, 6) is 0.230. The molecule has 0 spiro atoms. The second-order valence-electron chi connectivity index (χ2n) is 8.55. The number of fused-ring (bicyclic) bond motifs is 1. The Hall–Kier alpha value is -2.97. The number of nitrogens with two attached hydrogens (primary N) is 2. The van der Waals surface area contributed by atoms with Crippen molar-refractivity contribution < 1.29 is 9.59 Å². The van der Waals surface area contributed by atoms with E-state index in [0.717, 1.165) is 17.7 Å². The molecule has 0 saturated carbocycles. The Morgan fingerprint density at radius 2 is 2.06 bits per heavy atom. The maximum absolute atomic E-state index is 12.9. The zero-order chi connectivity index (χ0) is 22.8. The van der Waals surface area contributed by atoms with E-state index in [4.69, 9.17) is 11.5 Å². The van der Waals surface area contributed by atoms with Gasteiger partial charge in [0, 0.05) is 28.4 Å². The van der Waals surface area contributed by atoms with Crippen LogP contribution in [-0.4, -0.2) is 40.3 Å². The molecule has 3 heterocycles. The van der Waals surface area contributed by atoms with Crippen molar-refractivity contribution in [1.82, 2.24) is 15.2 Å². The molecule has 7 nitrogen and oxygen atoms in total. The number of likely N-dealkylation sites (tertiary alicyclic amines) is 1. The quantitative estimate of drug-likeness (QED) is 0.511. The molecule has 1 aliphatic rings. The largest absolute Gasteiger partial charge is 0.384 e. The van der Waals surface area contributed by atoms with Crippen molar-refractivity contribution in [2.45, 2.75) is 45.3 Å². The van der Waals surface area contributed by atoms with E-state index in [2.05, 4.69) is 28.5 Å². The summed E-state index contributed by atoms with van der Waals surface area (Å²) in [6.07, 6.45) is 1.55. The lowest BCUT2D eigenvalue weighted by molar-refractivity contribution is -0.129. The molecule has 1 saturated heterocycles. The SMILES string of the molecule is Cc1nc(N)ccc1CNC(=O)[C@H](C)N1CC(Cc2cc3ccccc3s2)CC1C(N)=O. The van der Waals surface area contributed by atoms with E-state index in [-0.39, 0.29) is 17.7 Å². The number of nitrogen functional groups attached to an aromatic ring is 1. The molecule has 1 fully saturated rings. The van der Waals surface area contributed by atoms with Gasteiger partial charge in [0.25, 0.3) is 0 Å². The normalized spacial score (nSPS) is 19.8. The van der Waals surface area contributed by atoms with Gasteiger partial charge in [0.15, 0.2) is 0 Å². The van der Waals surface area contributed by atoms with Gasteiger partial charge in [0.05, 0.1) is 12.1 Å². The number of carbonyl (C=O) groups is 2. The topological polar surface area (TPSA) is 114 Å². The number of rotatable bonds is 7. The van der Waals surface area contributed by atoms with Crippen molar-refractivity contribution in [2.75, 3.05) is 12.3 Å². The molecule has 0 bridgehead atoms. The van der Waals surface area contributed by atoms with E-state index in [0.29, 0.717) is 25.3 Å². The molecule has 32 heavy (non-hydrogen) atoms. The second kappa shape index (κ2) is 9.26. The Bertz CT molecular complexity index is 1110. The lowest BCUT2D eigenvalue weighted by Gasteiger charge is -2.28. The number of nitrogens with zero attached hydrogens (tertiary/aromatic N) is 2. The van der Waals surface area contributed by atoms with Gasteiger partial charge >= 0.3 is 0 Å². The fourth-order valence-corrected chi connectivity index (χ4v) is 5.68. The van der Waals surface area contributed by atoms with Crippen molar-refractivity contribution >= 4 is 39.1 Å². The smallest absolute Gasteiger partial charge is 0.237 e. The number of hydrogen-bond acceptors (Lipinski definition) is 6. The van der Waals surface area contributed by atoms with Crippen molar-refractivity contribution in [3.63, 3.8) is 0 Å². The van der Waals surface area contributed by atoms with Crippen molar-refractivity contribution in [2.24, 2.45) is 11.7 Å². The maximum Gasteiger partial charge on any atom is 0.237 e. The summed E-state index contributed by atoms with van der Waals surface area (Å²) in [6.45, 7) is 4.73. The Morgan fingerprint density at radius 1 is 1.28 bits per heavy atom. The molecule has 2 unspecified atom stereocenters. The van der Waals surface area contributed by atoms with Gasteiger partial charge in [-0.15, -0.1) is 11.3 Å². The van der Waals surface area contributed by atoms with Crippen LogP contribution in [0.25, 0.3) is 10.1 Å². The average molecular weight is 452 g/mol. The molecule has 1 aromatic carbocycles. The summed E-state index contributed by atoms with van der Waals surface area (Å²) < 4.78 is 1.27. The number of aromatic nitrogens is 1. The van der Waals surface area contributed by atoms with Gasteiger partial charge in [-0.1, -0.05) is 24.3 Å². The van der Waals surface area contributed by atoms with Gasteiger partial charge in [0.2, 0.25) is 11.8 Å². The van der Waals surface area contributed by atoms with Crippen LogP contribution in [0.3, 0.4) is 0 Å². The molecule has 2 amide bonds. The third-order valence-corrected chi connectivity index (χ3v) is 7.41. The zero-order valence-corrected chi connectivity index (χ0v) is 19.2. The lowest BCUT2D eigenvalue weighted by atomic mass is 10.0. The minimum absolute atomic E-state index is 0.130. The standard InChI is InChI=1S/C24H29N5O2S/c1-14-18(7-8-22(25)28-14)12-27-24(31)15(2)29-13-16(10-20(29)23(26)30)9-19-11-17-5-3-4-6-21(17)32-19/h3-8,11,15-16,20H,9-10,12-13H2,1-2H3,(H2,25,28)(H2,26,30)(H,27,31)/t15-,16?,20?/m0/s1. The highest BCUT2D eigenvalue weighted by molar-refractivity contribution is 7.19. The predicted octanol–water partition coefficient (Wildman–Crippen LogP) is 2.61. The van der Waals surface area contributed by atoms with Gasteiger partial charge in [-0.05, 0) is 61.8 Å². The minimum atomic E-state index is -0.457. The van der Waals surface area contributed by atoms with Crippen LogP contribution in [-0.2, 0) is 22.6 Å². The fourth-order valence-electron chi connectivity index (χ4n) is 4.51. The first-order chi connectivity index (χ1) is 15.3. The number of primary amides is 1. The van der Waals surface area contributed by atoms with Crippen LogP contribution in [0, 0.1) is 12.8 Å².